The summed E-state index contributed by atoms with van der Waals surface area (Å²) >= 11 is 0. The van der Waals surface area contributed by atoms with E-state index in [1.165, 1.54) is 12.1 Å². The topological polar surface area (TPSA) is 49.3 Å². The molecule has 0 bridgehead atoms. The molecule has 100 valence electrons. The fourth-order valence-corrected chi connectivity index (χ4v) is 1.63. The van der Waals surface area contributed by atoms with Crippen molar-refractivity contribution < 1.29 is 18.7 Å². The number of carboxylic acids is 1. The van der Waals surface area contributed by atoms with E-state index in [1.54, 1.807) is 6.92 Å². The summed E-state index contributed by atoms with van der Waals surface area (Å²) in [6.45, 7) is 2.63. The molecule has 1 aromatic rings. The summed E-state index contributed by atoms with van der Waals surface area (Å²) < 4.78 is 25.9. The van der Waals surface area contributed by atoms with E-state index < -0.39 is 23.5 Å². The maximum atomic E-state index is 13.3. The van der Waals surface area contributed by atoms with Crippen molar-refractivity contribution in [1.82, 2.24) is 5.32 Å². The zero-order valence-electron chi connectivity index (χ0n) is 10.2. The van der Waals surface area contributed by atoms with Gasteiger partial charge in [0.2, 0.25) is 0 Å². The number of halogens is 2. The van der Waals surface area contributed by atoms with E-state index in [9.17, 15) is 13.6 Å². The number of hydrogen-bond acceptors (Lipinski definition) is 2. The summed E-state index contributed by atoms with van der Waals surface area (Å²) in [4.78, 5) is 10.7. The minimum atomic E-state index is -0.835. The third-order valence-electron chi connectivity index (χ3n) is 2.82. The molecule has 0 aliphatic rings. The van der Waals surface area contributed by atoms with Crippen LogP contribution in [0.3, 0.4) is 0 Å². The number of rotatable bonds is 7. The van der Waals surface area contributed by atoms with Gasteiger partial charge in [0.1, 0.15) is 11.6 Å². The number of carboxylic acid groups (broad SMARTS) is 1. The van der Waals surface area contributed by atoms with Gasteiger partial charge in [-0.3, -0.25) is 4.79 Å². The third kappa shape index (κ3) is 4.41. The number of aliphatic carboxylic acids is 1. The number of benzene rings is 1. The van der Waals surface area contributed by atoms with Crippen molar-refractivity contribution in [3.8, 4) is 0 Å². The van der Waals surface area contributed by atoms with Crippen LogP contribution < -0.4 is 5.32 Å². The van der Waals surface area contributed by atoms with E-state index in [-0.39, 0.29) is 0 Å². The van der Waals surface area contributed by atoms with Crippen molar-refractivity contribution in [2.24, 2.45) is 5.92 Å². The van der Waals surface area contributed by atoms with E-state index in [0.717, 1.165) is 6.07 Å². The Hall–Kier alpha value is -1.49. The molecule has 18 heavy (non-hydrogen) atoms. The largest absolute Gasteiger partial charge is 0.481 e. The SMILES string of the molecule is CCC(CNCCc1ccc(F)cc1F)C(=O)O. The van der Waals surface area contributed by atoms with Crippen LogP contribution in [0.4, 0.5) is 8.78 Å². The first kappa shape index (κ1) is 14.6. The van der Waals surface area contributed by atoms with E-state index in [2.05, 4.69) is 5.32 Å². The Balaban J connectivity index is 2.35. The van der Waals surface area contributed by atoms with Crippen LogP contribution in [0.15, 0.2) is 18.2 Å². The van der Waals surface area contributed by atoms with Gasteiger partial charge in [0.05, 0.1) is 5.92 Å². The average Bonchev–Trinajstić information content (AvgIpc) is 2.31. The number of nitrogens with one attached hydrogen (secondary N) is 1. The molecule has 0 spiro atoms. The number of hydrogen-bond donors (Lipinski definition) is 2. The second-order valence-electron chi connectivity index (χ2n) is 4.13. The van der Waals surface area contributed by atoms with Crippen molar-refractivity contribution in [3.63, 3.8) is 0 Å². The van der Waals surface area contributed by atoms with Crippen molar-refractivity contribution in [2.75, 3.05) is 13.1 Å². The first-order valence-corrected chi connectivity index (χ1v) is 5.92. The summed E-state index contributed by atoms with van der Waals surface area (Å²) in [5.41, 5.74) is 0.423. The maximum absolute atomic E-state index is 13.3. The Morgan fingerprint density at radius 2 is 2.17 bits per heavy atom. The van der Waals surface area contributed by atoms with Crippen molar-refractivity contribution >= 4 is 5.97 Å². The lowest BCUT2D eigenvalue weighted by Gasteiger charge is -2.11. The minimum absolute atomic E-state index is 0.356. The minimum Gasteiger partial charge on any atom is -0.481 e. The predicted molar refractivity (Wildman–Crippen MR) is 64.3 cm³/mol. The quantitative estimate of drug-likeness (QED) is 0.736. The number of carbonyl (C=O) groups is 1. The molecule has 0 aliphatic carbocycles. The van der Waals surface area contributed by atoms with Crippen molar-refractivity contribution in [3.05, 3.63) is 35.4 Å². The standard InChI is InChI=1S/C13H17F2NO2/c1-2-9(13(17)18)8-16-6-5-10-3-4-11(14)7-12(10)15/h3-4,7,9,16H,2,5-6,8H2,1H3,(H,17,18). The second-order valence-corrected chi connectivity index (χ2v) is 4.13. The molecular weight excluding hydrogens is 240 g/mol. The molecule has 1 rings (SSSR count). The van der Waals surface area contributed by atoms with Gasteiger partial charge in [-0.2, -0.15) is 0 Å². The van der Waals surface area contributed by atoms with Gasteiger partial charge in [0, 0.05) is 12.6 Å². The molecule has 0 fully saturated rings. The molecule has 1 aromatic carbocycles. The highest BCUT2D eigenvalue weighted by Gasteiger charge is 2.13. The van der Waals surface area contributed by atoms with Crippen molar-refractivity contribution in [1.29, 1.82) is 0 Å². The summed E-state index contributed by atoms with van der Waals surface area (Å²) in [5, 5.41) is 11.8. The van der Waals surface area contributed by atoms with Gasteiger partial charge >= 0.3 is 5.97 Å². The van der Waals surface area contributed by atoms with Crippen LogP contribution in [0.25, 0.3) is 0 Å². The Morgan fingerprint density at radius 3 is 2.72 bits per heavy atom. The Kier molecular flexibility index (Phi) is 5.71. The van der Waals surface area contributed by atoms with Gasteiger partial charge in [0.25, 0.3) is 0 Å². The Labute approximate surface area is 105 Å². The molecule has 0 aromatic heterocycles. The highest BCUT2D eigenvalue weighted by atomic mass is 19.1. The lowest BCUT2D eigenvalue weighted by Crippen LogP contribution is -2.29. The van der Waals surface area contributed by atoms with Crippen LogP contribution in [-0.4, -0.2) is 24.2 Å². The molecule has 0 saturated carbocycles. The maximum Gasteiger partial charge on any atom is 0.307 e. The fraction of sp³-hybridized carbons (Fsp3) is 0.462. The highest BCUT2D eigenvalue weighted by molar-refractivity contribution is 5.70. The van der Waals surface area contributed by atoms with E-state index in [4.69, 9.17) is 5.11 Å². The van der Waals surface area contributed by atoms with Gasteiger partial charge < -0.3 is 10.4 Å². The first-order chi connectivity index (χ1) is 8.54. The molecular formula is C13H17F2NO2. The third-order valence-corrected chi connectivity index (χ3v) is 2.82. The molecule has 3 nitrogen and oxygen atoms in total. The lowest BCUT2D eigenvalue weighted by atomic mass is 10.1. The van der Waals surface area contributed by atoms with Gasteiger partial charge in [-0.05, 0) is 31.0 Å². The smallest absolute Gasteiger partial charge is 0.307 e. The van der Waals surface area contributed by atoms with Crippen LogP contribution >= 0.6 is 0 Å². The lowest BCUT2D eigenvalue weighted by molar-refractivity contribution is -0.141. The summed E-state index contributed by atoms with van der Waals surface area (Å²) in [6, 6.07) is 3.47. The fourth-order valence-electron chi connectivity index (χ4n) is 1.63. The molecule has 1 atom stereocenters. The van der Waals surface area contributed by atoms with Crippen LogP contribution in [0, 0.1) is 17.6 Å². The first-order valence-electron chi connectivity index (χ1n) is 5.92. The average molecular weight is 257 g/mol. The van der Waals surface area contributed by atoms with Crippen LogP contribution in [0.2, 0.25) is 0 Å². The Bertz CT molecular complexity index is 410. The molecule has 2 N–H and O–H groups in total. The second kappa shape index (κ2) is 7.06. The zero-order chi connectivity index (χ0) is 13.5. The van der Waals surface area contributed by atoms with Crippen LogP contribution in [0.5, 0.6) is 0 Å². The Morgan fingerprint density at radius 1 is 1.44 bits per heavy atom. The van der Waals surface area contributed by atoms with Gasteiger partial charge in [-0.1, -0.05) is 13.0 Å². The summed E-state index contributed by atoms with van der Waals surface area (Å²) in [6.07, 6.45) is 0.954. The normalized spacial score (nSPS) is 12.4. The molecule has 5 heteroatoms. The summed E-state index contributed by atoms with van der Waals surface area (Å²) in [5.74, 6) is -2.43. The van der Waals surface area contributed by atoms with Crippen LogP contribution in [-0.2, 0) is 11.2 Å². The van der Waals surface area contributed by atoms with Gasteiger partial charge in [-0.15, -0.1) is 0 Å². The molecule has 0 heterocycles. The van der Waals surface area contributed by atoms with Crippen LogP contribution in [0.1, 0.15) is 18.9 Å². The molecule has 0 radical (unpaired) electrons. The molecule has 0 amide bonds. The predicted octanol–water partition coefficient (Wildman–Crippen LogP) is 2.21. The van der Waals surface area contributed by atoms with E-state index >= 15 is 0 Å². The van der Waals surface area contributed by atoms with E-state index in [0.29, 0.717) is 31.5 Å². The van der Waals surface area contributed by atoms with E-state index in [1.807, 2.05) is 0 Å². The zero-order valence-corrected chi connectivity index (χ0v) is 10.2. The van der Waals surface area contributed by atoms with Crippen molar-refractivity contribution in [2.45, 2.75) is 19.8 Å². The highest BCUT2D eigenvalue weighted by Crippen LogP contribution is 2.09. The molecule has 1 unspecified atom stereocenters. The molecule has 0 saturated heterocycles. The van der Waals surface area contributed by atoms with Gasteiger partial charge in [0.15, 0.2) is 0 Å². The van der Waals surface area contributed by atoms with Gasteiger partial charge in [-0.25, -0.2) is 8.78 Å². The monoisotopic (exact) mass is 257 g/mol. The summed E-state index contributed by atoms with van der Waals surface area (Å²) in [7, 11) is 0. The molecule has 0 aliphatic heterocycles.